The molecule has 154 valence electrons. The molecule has 0 aliphatic rings. The number of nitrogen functional groups attached to an aromatic ring is 1. The number of aromatic carboxylic acids is 2. The summed E-state index contributed by atoms with van der Waals surface area (Å²) >= 11 is 0. The molecule has 0 aliphatic carbocycles. The number of hydrogen-bond donors (Lipinski definition) is 5. The first-order chi connectivity index (χ1) is 13.4. The maximum absolute atomic E-state index is 12.0. The van der Waals surface area contributed by atoms with Crippen LogP contribution in [0.25, 0.3) is 11.1 Å². The van der Waals surface area contributed by atoms with Gasteiger partial charge in [0.1, 0.15) is 22.7 Å². The smallest absolute Gasteiger partial charge is 0.342 e. The fourth-order valence-corrected chi connectivity index (χ4v) is 2.66. The Labute approximate surface area is 165 Å². The van der Waals surface area contributed by atoms with Crippen LogP contribution < -0.4 is 21.3 Å². The van der Waals surface area contributed by atoms with Gasteiger partial charge in [0.05, 0.1) is 0 Å². The number of pyridine rings is 1. The van der Waals surface area contributed by atoms with Crippen molar-refractivity contribution in [3.63, 3.8) is 0 Å². The predicted molar refractivity (Wildman–Crippen MR) is 104 cm³/mol. The first-order valence-corrected chi connectivity index (χ1v) is 8.47. The number of H-pyrrole nitrogens is 1. The summed E-state index contributed by atoms with van der Waals surface area (Å²) in [6.45, 7) is 5.24. The van der Waals surface area contributed by atoms with Gasteiger partial charge in [0.2, 0.25) is 0 Å². The van der Waals surface area contributed by atoms with Crippen molar-refractivity contribution in [1.82, 2.24) is 10.3 Å². The van der Waals surface area contributed by atoms with E-state index in [4.69, 9.17) is 10.5 Å². The zero-order valence-corrected chi connectivity index (χ0v) is 16.0. The Morgan fingerprint density at radius 1 is 1.07 bits per heavy atom. The Morgan fingerprint density at radius 2 is 1.62 bits per heavy atom. The summed E-state index contributed by atoms with van der Waals surface area (Å²) in [5.74, 6) is -3.57. The van der Waals surface area contributed by atoms with Gasteiger partial charge >= 0.3 is 11.9 Å². The molecule has 0 bridgehead atoms. The highest BCUT2D eigenvalue weighted by Gasteiger charge is 2.26. The number of anilines is 1. The summed E-state index contributed by atoms with van der Waals surface area (Å²) in [7, 11) is 0. The van der Waals surface area contributed by atoms with Crippen LogP contribution in [0.3, 0.4) is 0 Å². The number of hydrogen-bond acceptors (Lipinski definition) is 6. The van der Waals surface area contributed by atoms with Gasteiger partial charge in [-0.05, 0) is 38.5 Å². The Hall–Kier alpha value is -3.82. The van der Waals surface area contributed by atoms with Crippen LogP contribution in [0.5, 0.6) is 5.75 Å². The fraction of sp³-hybridized carbons (Fsp3) is 0.263. The van der Waals surface area contributed by atoms with Gasteiger partial charge < -0.3 is 31.0 Å². The Bertz CT molecular complexity index is 1020. The van der Waals surface area contributed by atoms with Gasteiger partial charge in [0.25, 0.3) is 11.5 Å². The summed E-state index contributed by atoms with van der Waals surface area (Å²) in [6.07, 6.45) is 0. The number of ether oxygens (including phenoxy) is 1. The van der Waals surface area contributed by atoms with E-state index in [2.05, 4.69) is 5.32 Å². The third-order valence-electron chi connectivity index (χ3n) is 3.70. The highest BCUT2D eigenvalue weighted by molar-refractivity contribution is 6.07. The molecule has 1 aromatic heterocycles. The Balaban J connectivity index is 2.39. The molecule has 0 spiro atoms. The van der Waals surface area contributed by atoms with Crippen LogP contribution in [0, 0.1) is 0 Å². The molecule has 2 rings (SSSR count). The van der Waals surface area contributed by atoms with E-state index in [0.29, 0.717) is 5.75 Å². The average Bonchev–Trinajstić information content (AvgIpc) is 2.57. The van der Waals surface area contributed by atoms with Crippen LogP contribution in [0.2, 0.25) is 0 Å². The molecule has 0 unspecified atom stereocenters. The normalized spacial score (nSPS) is 11.0. The maximum atomic E-state index is 12.0. The topological polar surface area (TPSA) is 172 Å². The molecule has 1 aromatic carbocycles. The number of carbonyl (C=O) groups excluding carboxylic acids is 1. The van der Waals surface area contributed by atoms with E-state index >= 15 is 0 Å². The molecule has 0 aliphatic heterocycles. The SMILES string of the molecule is CC(C)(C)NC(=O)COc1ccc(-c2c(C(=O)O)c(N)[nH]c(=O)c2C(=O)O)cc1. The van der Waals surface area contributed by atoms with Crippen LogP contribution in [-0.2, 0) is 4.79 Å². The maximum Gasteiger partial charge on any atom is 0.342 e. The fourth-order valence-electron chi connectivity index (χ4n) is 2.66. The Morgan fingerprint density at radius 3 is 2.10 bits per heavy atom. The van der Waals surface area contributed by atoms with Gasteiger partial charge in [0, 0.05) is 11.1 Å². The van der Waals surface area contributed by atoms with Gasteiger partial charge in [-0.1, -0.05) is 12.1 Å². The van der Waals surface area contributed by atoms with Gasteiger partial charge in [-0.2, -0.15) is 0 Å². The second-order valence-corrected chi connectivity index (χ2v) is 7.21. The van der Waals surface area contributed by atoms with E-state index in [1.54, 1.807) is 0 Å². The van der Waals surface area contributed by atoms with Crippen LogP contribution >= 0.6 is 0 Å². The molecule has 1 amide bonds. The number of nitrogens with one attached hydrogen (secondary N) is 2. The van der Waals surface area contributed by atoms with E-state index in [9.17, 15) is 29.4 Å². The minimum atomic E-state index is -1.59. The third-order valence-corrected chi connectivity index (χ3v) is 3.70. The number of aromatic nitrogens is 1. The molecular formula is C19H21N3O7. The van der Waals surface area contributed by atoms with Gasteiger partial charge in [-0.3, -0.25) is 9.59 Å². The standard InChI is InChI=1S/C19H21N3O7/c1-19(2,3)22-11(23)8-29-10-6-4-9(5-7-10)12-13(17(25)26)15(20)21-16(24)14(12)18(27)28/h4-7H,8H2,1-3H3,(H,22,23)(H,25,26)(H,27,28)(H3,20,21,24). The first-order valence-electron chi connectivity index (χ1n) is 8.47. The lowest BCUT2D eigenvalue weighted by molar-refractivity contribution is -0.124. The van der Waals surface area contributed by atoms with Crippen molar-refractivity contribution in [2.45, 2.75) is 26.3 Å². The third kappa shape index (κ3) is 5.12. The predicted octanol–water partition coefficient (Wildman–Crippen LogP) is 1.31. The molecule has 0 saturated carbocycles. The van der Waals surface area contributed by atoms with Crippen LogP contribution in [0.4, 0.5) is 5.82 Å². The molecule has 0 saturated heterocycles. The number of carboxylic acids is 2. The number of nitrogens with two attached hydrogens (primary N) is 1. The molecule has 0 atom stereocenters. The summed E-state index contributed by atoms with van der Waals surface area (Å²) in [5.41, 5.74) is 2.72. The second kappa shape index (κ2) is 8.05. The van der Waals surface area contributed by atoms with Gasteiger partial charge in [0.15, 0.2) is 6.61 Å². The lowest BCUT2D eigenvalue weighted by Crippen LogP contribution is -2.43. The van der Waals surface area contributed by atoms with Crippen molar-refractivity contribution in [2.24, 2.45) is 0 Å². The number of benzene rings is 1. The van der Waals surface area contributed by atoms with E-state index < -0.39 is 40.0 Å². The number of rotatable bonds is 6. The zero-order chi connectivity index (χ0) is 21.9. The van der Waals surface area contributed by atoms with Crippen LogP contribution in [0.15, 0.2) is 29.1 Å². The molecule has 1 heterocycles. The highest BCUT2D eigenvalue weighted by atomic mass is 16.5. The number of carbonyl (C=O) groups is 3. The van der Waals surface area contributed by atoms with E-state index in [1.807, 2.05) is 25.8 Å². The monoisotopic (exact) mass is 403 g/mol. The average molecular weight is 403 g/mol. The minimum absolute atomic E-state index is 0.143. The molecule has 10 nitrogen and oxygen atoms in total. The largest absolute Gasteiger partial charge is 0.484 e. The lowest BCUT2D eigenvalue weighted by Gasteiger charge is -2.20. The van der Waals surface area contributed by atoms with Gasteiger partial charge in [-0.15, -0.1) is 0 Å². The van der Waals surface area contributed by atoms with E-state index in [1.165, 1.54) is 24.3 Å². The Kier molecular flexibility index (Phi) is 5.96. The zero-order valence-electron chi connectivity index (χ0n) is 16.0. The quantitative estimate of drug-likeness (QED) is 0.480. The van der Waals surface area contributed by atoms with E-state index in [0.717, 1.165) is 0 Å². The summed E-state index contributed by atoms with van der Waals surface area (Å²) in [5, 5.41) is 21.5. The second-order valence-electron chi connectivity index (χ2n) is 7.21. The first kappa shape index (κ1) is 21.5. The van der Waals surface area contributed by atoms with Crippen molar-refractivity contribution in [3.05, 3.63) is 45.7 Å². The molecule has 29 heavy (non-hydrogen) atoms. The molecule has 0 radical (unpaired) electrons. The molecule has 10 heteroatoms. The summed E-state index contributed by atoms with van der Waals surface area (Å²) in [6, 6.07) is 5.61. The van der Waals surface area contributed by atoms with Crippen molar-refractivity contribution in [2.75, 3.05) is 12.3 Å². The van der Waals surface area contributed by atoms with Gasteiger partial charge in [-0.25, -0.2) is 9.59 Å². The summed E-state index contributed by atoms with van der Waals surface area (Å²) < 4.78 is 5.37. The summed E-state index contributed by atoms with van der Waals surface area (Å²) in [4.78, 5) is 49.0. The lowest BCUT2D eigenvalue weighted by atomic mass is 9.95. The van der Waals surface area contributed by atoms with E-state index in [-0.39, 0.29) is 23.6 Å². The molecular weight excluding hydrogens is 382 g/mol. The van der Waals surface area contributed by atoms with Crippen molar-refractivity contribution >= 4 is 23.7 Å². The molecule has 2 aromatic rings. The number of carboxylic acid groups (broad SMARTS) is 2. The van der Waals surface area contributed by atoms with Crippen molar-refractivity contribution < 1.29 is 29.3 Å². The molecule has 6 N–H and O–H groups in total. The molecule has 0 fully saturated rings. The van der Waals surface area contributed by atoms with Crippen LogP contribution in [-0.4, -0.2) is 45.2 Å². The minimum Gasteiger partial charge on any atom is -0.484 e. The van der Waals surface area contributed by atoms with Crippen molar-refractivity contribution in [3.8, 4) is 16.9 Å². The number of aromatic amines is 1. The number of amides is 1. The highest BCUT2D eigenvalue weighted by Crippen LogP contribution is 2.30. The van der Waals surface area contributed by atoms with Crippen LogP contribution in [0.1, 0.15) is 41.5 Å². The van der Waals surface area contributed by atoms with Crippen molar-refractivity contribution in [1.29, 1.82) is 0 Å².